The Hall–Kier alpha value is -3.08. The summed E-state index contributed by atoms with van der Waals surface area (Å²) >= 11 is 0. The molecule has 4 N–H and O–H groups in total. The van der Waals surface area contributed by atoms with Crippen molar-refractivity contribution in [1.29, 1.82) is 0 Å². The third-order valence-corrected chi connectivity index (χ3v) is 7.96. The van der Waals surface area contributed by atoms with E-state index in [2.05, 4.69) is 10.6 Å². The zero-order valence-electron chi connectivity index (χ0n) is 19.2. The molecule has 0 aliphatic heterocycles. The van der Waals surface area contributed by atoms with E-state index in [0.717, 1.165) is 30.5 Å². The van der Waals surface area contributed by atoms with Crippen LogP contribution in [0.3, 0.4) is 0 Å². The van der Waals surface area contributed by atoms with Gasteiger partial charge in [0.1, 0.15) is 0 Å². The normalized spacial score (nSPS) is 18.6. The number of amides is 2. The number of nitrogens with one attached hydrogen (secondary N) is 2. The lowest BCUT2D eigenvalue weighted by atomic mass is 9.86. The lowest BCUT2D eigenvalue weighted by Gasteiger charge is -2.32. The molecule has 3 rings (SSSR count). The summed E-state index contributed by atoms with van der Waals surface area (Å²) in [5.41, 5.74) is 5.02. The van der Waals surface area contributed by atoms with E-state index in [1.54, 1.807) is 24.3 Å². The second-order valence-corrected chi connectivity index (χ2v) is 10.8. The summed E-state index contributed by atoms with van der Waals surface area (Å²) < 4.78 is 64.6. The van der Waals surface area contributed by atoms with Gasteiger partial charge in [0.15, 0.2) is 9.84 Å². The van der Waals surface area contributed by atoms with Crippen LogP contribution in [-0.4, -0.2) is 38.6 Å². The minimum atomic E-state index is -4.64. The Labute approximate surface area is 202 Å². The average Bonchev–Trinajstić information content (AvgIpc) is 2.78. The lowest BCUT2D eigenvalue weighted by molar-refractivity contribution is -0.137. The summed E-state index contributed by atoms with van der Waals surface area (Å²) in [6, 6.07) is 8.58. The predicted molar refractivity (Wildman–Crippen MR) is 125 cm³/mol. The third-order valence-electron chi connectivity index (χ3n) is 6.10. The van der Waals surface area contributed by atoms with Crippen molar-refractivity contribution in [2.75, 3.05) is 18.0 Å². The van der Waals surface area contributed by atoms with Gasteiger partial charge in [0.05, 0.1) is 28.3 Å². The zero-order valence-corrected chi connectivity index (χ0v) is 20.0. The van der Waals surface area contributed by atoms with Crippen LogP contribution < -0.4 is 16.4 Å². The van der Waals surface area contributed by atoms with E-state index < -0.39 is 46.0 Å². The van der Waals surface area contributed by atoms with Crippen molar-refractivity contribution in [2.45, 2.75) is 49.7 Å². The molecule has 0 radical (unpaired) electrons. The van der Waals surface area contributed by atoms with Crippen LogP contribution in [0.5, 0.6) is 0 Å². The summed E-state index contributed by atoms with van der Waals surface area (Å²) in [5, 5.41) is 5.07. The number of aryl methyl sites for hydroxylation is 1. The van der Waals surface area contributed by atoms with Crippen LogP contribution in [0, 0.1) is 12.8 Å². The van der Waals surface area contributed by atoms with Gasteiger partial charge in [0.2, 0.25) is 5.91 Å². The smallest absolute Gasteiger partial charge is 0.398 e. The first kappa shape index (κ1) is 26.5. The van der Waals surface area contributed by atoms with Gasteiger partial charge in [-0.3, -0.25) is 9.59 Å². The van der Waals surface area contributed by atoms with E-state index in [0.29, 0.717) is 18.9 Å². The number of hydrogen-bond donors (Lipinski definition) is 3. The molecule has 35 heavy (non-hydrogen) atoms. The molecule has 11 heteroatoms. The van der Waals surface area contributed by atoms with Gasteiger partial charge in [-0.2, -0.15) is 13.2 Å². The fraction of sp³-hybridized carbons (Fsp3) is 0.417. The second-order valence-electron chi connectivity index (χ2n) is 8.80. The Bertz CT molecular complexity index is 1180. The maximum atomic E-state index is 12.9. The quantitative estimate of drug-likeness (QED) is 0.492. The molecule has 0 bridgehead atoms. The van der Waals surface area contributed by atoms with Crippen LogP contribution in [0.1, 0.15) is 47.2 Å². The van der Waals surface area contributed by atoms with Crippen molar-refractivity contribution >= 4 is 27.3 Å². The molecule has 0 aromatic heterocycles. The highest BCUT2D eigenvalue weighted by Gasteiger charge is 2.33. The van der Waals surface area contributed by atoms with Crippen LogP contribution in [-0.2, 0) is 20.8 Å². The Balaban J connectivity index is 1.61. The number of carbonyl (C=O) groups is 2. The first-order valence-electron chi connectivity index (χ1n) is 11.2. The number of sulfone groups is 1. The number of benzene rings is 2. The van der Waals surface area contributed by atoms with Gasteiger partial charge in [0, 0.05) is 11.7 Å². The second kappa shape index (κ2) is 10.7. The van der Waals surface area contributed by atoms with E-state index in [1.807, 2.05) is 6.92 Å². The number of halogens is 3. The molecule has 1 aliphatic rings. The minimum absolute atomic E-state index is 0.117. The van der Waals surface area contributed by atoms with Gasteiger partial charge in [-0.05, 0) is 56.0 Å². The topological polar surface area (TPSA) is 118 Å². The van der Waals surface area contributed by atoms with Crippen LogP contribution in [0.2, 0.25) is 0 Å². The SMILES string of the molecule is Cc1ccc(S(=O)(=O)C[C@@H]2CCCC[C@@H]2NC(=O)CNC(=O)c2cc(C(F)(F)F)ccc2N)cc1. The molecule has 1 saturated carbocycles. The summed E-state index contributed by atoms with van der Waals surface area (Å²) in [4.78, 5) is 25.1. The van der Waals surface area contributed by atoms with Crippen LogP contribution in [0.25, 0.3) is 0 Å². The maximum Gasteiger partial charge on any atom is 0.416 e. The maximum absolute atomic E-state index is 12.9. The zero-order chi connectivity index (χ0) is 25.8. The summed E-state index contributed by atoms with van der Waals surface area (Å²) in [6.07, 6.45) is -1.77. The lowest BCUT2D eigenvalue weighted by Crippen LogP contribution is -2.47. The van der Waals surface area contributed by atoms with Crippen molar-refractivity contribution in [3.63, 3.8) is 0 Å². The van der Waals surface area contributed by atoms with E-state index in [1.165, 1.54) is 0 Å². The molecular formula is C24H28F3N3O4S. The molecule has 7 nitrogen and oxygen atoms in total. The number of hydrogen-bond acceptors (Lipinski definition) is 5. The monoisotopic (exact) mass is 511 g/mol. The molecule has 2 aromatic rings. The van der Waals surface area contributed by atoms with Crippen LogP contribution in [0.15, 0.2) is 47.4 Å². The molecule has 190 valence electrons. The molecule has 1 aliphatic carbocycles. The van der Waals surface area contributed by atoms with Crippen molar-refractivity contribution in [3.8, 4) is 0 Å². The highest BCUT2D eigenvalue weighted by Crippen LogP contribution is 2.31. The average molecular weight is 512 g/mol. The van der Waals surface area contributed by atoms with E-state index >= 15 is 0 Å². The molecule has 0 heterocycles. The van der Waals surface area contributed by atoms with E-state index in [4.69, 9.17) is 5.73 Å². The number of nitrogens with two attached hydrogens (primary N) is 1. The molecule has 2 atom stereocenters. The summed E-state index contributed by atoms with van der Waals surface area (Å²) in [6.45, 7) is 1.38. The highest BCUT2D eigenvalue weighted by atomic mass is 32.2. The number of rotatable bonds is 7. The molecular weight excluding hydrogens is 483 g/mol. The fourth-order valence-corrected chi connectivity index (χ4v) is 5.87. The Morgan fingerprint density at radius 2 is 1.71 bits per heavy atom. The molecule has 0 saturated heterocycles. The number of nitrogen functional groups attached to an aromatic ring is 1. The summed E-state index contributed by atoms with van der Waals surface area (Å²) in [5.74, 6) is -1.89. The Kier molecular flexibility index (Phi) is 8.09. The van der Waals surface area contributed by atoms with Crippen molar-refractivity contribution < 1.29 is 31.2 Å². The molecule has 2 aromatic carbocycles. The Morgan fingerprint density at radius 1 is 1.06 bits per heavy atom. The number of anilines is 1. The van der Waals surface area contributed by atoms with Gasteiger partial charge in [-0.1, -0.05) is 30.5 Å². The van der Waals surface area contributed by atoms with E-state index in [9.17, 15) is 31.2 Å². The largest absolute Gasteiger partial charge is 0.416 e. The molecule has 0 unspecified atom stereocenters. The van der Waals surface area contributed by atoms with Gasteiger partial charge < -0.3 is 16.4 Å². The Morgan fingerprint density at radius 3 is 2.37 bits per heavy atom. The minimum Gasteiger partial charge on any atom is -0.398 e. The molecule has 0 spiro atoms. The first-order valence-corrected chi connectivity index (χ1v) is 12.9. The highest BCUT2D eigenvalue weighted by molar-refractivity contribution is 7.91. The number of carbonyl (C=O) groups excluding carboxylic acids is 2. The van der Waals surface area contributed by atoms with Gasteiger partial charge in [-0.25, -0.2) is 8.42 Å². The van der Waals surface area contributed by atoms with Gasteiger partial charge in [-0.15, -0.1) is 0 Å². The fourth-order valence-electron chi connectivity index (χ4n) is 4.16. The van der Waals surface area contributed by atoms with E-state index in [-0.39, 0.29) is 27.8 Å². The molecule has 2 amide bonds. The summed E-state index contributed by atoms with van der Waals surface area (Å²) in [7, 11) is -3.55. The van der Waals surface area contributed by atoms with Crippen molar-refractivity contribution in [2.24, 2.45) is 5.92 Å². The van der Waals surface area contributed by atoms with Crippen molar-refractivity contribution in [3.05, 3.63) is 59.2 Å². The number of alkyl halides is 3. The standard InChI is InChI=1S/C24H28F3N3O4S/c1-15-6-9-18(10-7-15)35(33,34)14-16-4-2-3-5-21(16)30-22(31)13-29-23(32)19-12-17(24(25,26)27)8-11-20(19)28/h6-12,16,21H,2-5,13-14,28H2,1H3,(H,29,32)(H,30,31)/t16-,21-/m0/s1. The van der Waals surface area contributed by atoms with Crippen molar-refractivity contribution in [1.82, 2.24) is 10.6 Å². The van der Waals surface area contributed by atoms with Crippen LogP contribution in [0.4, 0.5) is 18.9 Å². The molecule has 1 fully saturated rings. The predicted octanol–water partition coefficient (Wildman–Crippen LogP) is 3.47. The first-order chi connectivity index (χ1) is 16.4. The van der Waals surface area contributed by atoms with Crippen LogP contribution >= 0.6 is 0 Å². The van der Waals surface area contributed by atoms with Gasteiger partial charge in [0.25, 0.3) is 5.91 Å². The van der Waals surface area contributed by atoms with Gasteiger partial charge >= 0.3 is 6.18 Å². The third kappa shape index (κ3) is 6.97.